The van der Waals surface area contributed by atoms with E-state index in [1.807, 2.05) is 18.2 Å². The van der Waals surface area contributed by atoms with Gasteiger partial charge in [-0.2, -0.15) is 0 Å². The minimum Gasteiger partial charge on any atom is -0.508 e. The molecule has 1 aromatic carbocycles. The third-order valence-corrected chi connectivity index (χ3v) is 3.78. The number of nitrogens with zero attached hydrogens (tertiary/aromatic N) is 1. The Bertz CT molecular complexity index is 359. The van der Waals surface area contributed by atoms with Gasteiger partial charge in [0, 0.05) is 12.1 Å². The second-order valence-corrected chi connectivity index (χ2v) is 5.16. The van der Waals surface area contributed by atoms with E-state index in [1.54, 1.807) is 6.07 Å². The number of piperidine rings is 1. The number of likely N-dealkylation sites (tertiary alicyclic amines) is 1. The molecule has 1 saturated heterocycles. The summed E-state index contributed by atoms with van der Waals surface area (Å²) in [5, 5.41) is 13.2. The number of rotatable bonds is 5. The van der Waals surface area contributed by atoms with Crippen LogP contribution in [0.4, 0.5) is 0 Å². The van der Waals surface area contributed by atoms with Gasteiger partial charge in [-0.3, -0.25) is 4.90 Å². The van der Waals surface area contributed by atoms with E-state index in [0.717, 1.165) is 44.2 Å². The van der Waals surface area contributed by atoms with Crippen molar-refractivity contribution in [2.24, 2.45) is 5.92 Å². The molecule has 2 rings (SSSR count). The Labute approximate surface area is 110 Å². The molecule has 1 fully saturated rings. The summed E-state index contributed by atoms with van der Waals surface area (Å²) in [6, 6.07) is 7.65. The van der Waals surface area contributed by atoms with Crippen molar-refractivity contribution in [1.82, 2.24) is 10.2 Å². The zero-order valence-electron chi connectivity index (χ0n) is 11.2. The summed E-state index contributed by atoms with van der Waals surface area (Å²) in [4.78, 5) is 2.44. The van der Waals surface area contributed by atoms with Crippen LogP contribution in [0, 0.1) is 5.92 Å². The van der Waals surface area contributed by atoms with Crippen molar-refractivity contribution in [3.63, 3.8) is 0 Å². The molecule has 0 spiro atoms. The van der Waals surface area contributed by atoms with Crippen molar-refractivity contribution in [3.8, 4) is 5.75 Å². The Morgan fingerprint density at radius 1 is 1.28 bits per heavy atom. The smallest absolute Gasteiger partial charge is 0.120 e. The van der Waals surface area contributed by atoms with Crippen LogP contribution in [-0.2, 0) is 6.54 Å². The summed E-state index contributed by atoms with van der Waals surface area (Å²) in [5.41, 5.74) is 1.04. The minimum atomic E-state index is 0.423. The third-order valence-electron chi connectivity index (χ3n) is 3.78. The SMILES string of the molecule is CCNCC1CCN(Cc2ccccc2O)CC1. The van der Waals surface area contributed by atoms with Gasteiger partial charge in [0.25, 0.3) is 0 Å². The highest BCUT2D eigenvalue weighted by Gasteiger charge is 2.19. The van der Waals surface area contributed by atoms with Gasteiger partial charge in [-0.15, -0.1) is 0 Å². The molecule has 1 aliphatic heterocycles. The zero-order valence-corrected chi connectivity index (χ0v) is 11.2. The van der Waals surface area contributed by atoms with Crippen LogP contribution in [0.15, 0.2) is 24.3 Å². The van der Waals surface area contributed by atoms with Crippen molar-refractivity contribution in [1.29, 1.82) is 0 Å². The van der Waals surface area contributed by atoms with Crippen LogP contribution < -0.4 is 5.32 Å². The van der Waals surface area contributed by atoms with Crippen LogP contribution in [0.25, 0.3) is 0 Å². The van der Waals surface area contributed by atoms with Crippen molar-refractivity contribution in [2.75, 3.05) is 26.2 Å². The normalized spacial score (nSPS) is 18.1. The maximum Gasteiger partial charge on any atom is 0.120 e. The number of aromatic hydroxyl groups is 1. The molecule has 0 aromatic heterocycles. The predicted molar refractivity (Wildman–Crippen MR) is 74.7 cm³/mol. The van der Waals surface area contributed by atoms with Gasteiger partial charge < -0.3 is 10.4 Å². The maximum atomic E-state index is 9.77. The number of phenolic OH excluding ortho intramolecular Hbond substituents is 1. The van der Waals surface area contributed by atoms with E-state index in [9.17, 15) is 5.11 Å². The van der Waals surface area contributed by atoms with E-state index >= 15 is 0 Å². The van der Waals surface area contributed by atoms with Crippen LogP contribution in [0.1, 0.15) is 25.3 Å². The Morgan fingerprint density at radius 3 is 2.67 bits per heavy atom. The average molecular weight is 248 g/mol. The highest BCUT2D eigenvalue weighted by Crippen LogP contribution is 2.22. The molecule has 100 valence electrons. The van der Waals surface area contributed by atoms with Crippen LogP contribution >= 0.6 is 0 Å². The average Bonchev–Trinajstić information content (AvgIpc) is 2.41. The van der Waals surface area contributed by atoms with E-state index in [2.05, 4.69) is 17.1 Å². The standard InChI is InChI=1S/C15H24N2O/c1-2-16-11-13-7-9-17(10-8-13)12-14-5-3-4-6-15(14)18/h3-6,13,16,18H,2,7-12H2,1H3. The quantitative estimate of drug-likeness (QED) is 0.838. The van der Waals surface area contributed by atoms with E-state index < -0.39 is 0 Å². The molecular weight excluding hydrogens is 224 g/mol. The molecule has 0 bridgehead atoms. The number of para-hydroxylation sites is 1. The highest BCUT2D eigenvalue weighted by atomic mass is 16.3. The summed E-state index contributed by atoms with van der Waals surface area (Å²) in [5.74, 6) is 1.25. The molecule has 2 N–H and O–H groups in total. The topological polar surface area (TPSA) is 35.5 Å². The van der Waals surface area contributed by atoms with Crippen LogP contribution in [0.3, 0.4) is 0 Å². The third kappa shape index (κ3) is 3.72. The van der Waals surface area contributed by atoms with Crippen molar-refractivity contribution < 1.29 is 5.11 Å². The minimum absolute atomic E-state index is 0.423. The first-order valence-electron chi connectivity index (χ1n) is 6.99. The lowest BCUT2D eigenvalue weighted by Crippen LogP contribution is -2.36. The van der Waals surface area contributed by atoms with Gasteiger partial charge in [-0.1, -0.05) is 25.1 Å². The second kappa shape index (κ2) is 6.76. The number of benzene rings is 1. The number of phenols is 1. The lowest BCUT2D eigenvalue weighted by atomic mass is 9.96. The molecule has 0 radical (unpaired) electrons. The highest BCUT2D eigenvalue weighted by molar-refractivity contribution is 5.31. The molecule has 1 heterocycles. The zero-order chi connectivity index (χ0) is 12.8. The van der Waals surface area contributed by atoms with Crippen molar-refractivity contribution in [2.45, 2.75) is 26.3 Å². The first-order valence-corrected chi connectivity index (χ1v) is 6.99. The number of hydrogen-bond donors (Lipinski definition) is 2. The van der Waals surface area contributed by atoms with E-state index in [1.165, 1.54) is 12.8 Å². The van der Waals surface area contributed by atoms with Gasteiger partial charge in [-0.25, -0.2) is 0 Å². The van der Waals surface area contributed by atoms with Gasteiger partial charge in [-0.05, 0) is 51.0 Å². The number of nitrogens with one attached hydrogen (secondary N) is 1. The van der Waals surface area contributed by atoms with Gasteiger partial charge in [0.2, 0.25) is 0 Å². The molecule has 1 aromatic rings. The fraction of sp³-hybridized carbons (Fsp3) is 0.600. The Hall–Kier alpha value is -1.06. The summed E-state index contributed by atoms with van der Waals surface area (Å²) < 4.78 is 0. The predicted octanol–water partition coefficient (Wildman–Crippen LogP) is 2.21. The molecule has 0 unspecified atom stereocenters. The van der Waals surface area contributed by atoms with Crippen molar-refractivity contribution >= 4 is 0 Å². The lowest BCUT2D eigenvalue weighted by molar-refractivity contribution is 0.174. The van der Waals surface area contributed by atoms with Crippen LogP contribution in [-0.4, -0.2) is 36.2 Å². The molecule has 0 aliphatic carbocycles. The van der Waals surface area contributed by atoms with Gasteiger partial charge in [0.1, 0.15) is 5.75 Å². The molecule has 0 saturated carbocycles. The van der Waals surface area contributed by atoms with Crippen LogP contribution in [0.5, 0.6) is 5.75 Å². The second-order valence-electron chi connectivity index (χ2n) is 5.16. The Balaban J connectivity index is 1.78. The summed E-state index contributed by atoms with van der Waals surface area (Å²) in [6.07, 6.45) is 2.53. The monoisotopic (exact) mass is 248 g/mol. The molecule has 0 atom stereocenters. The molecule has 0 amide bonds. The maximum absolute atomic E-state index is 9.77. The fourth-order valence-corrected chi connectivity index (χ4v) is 2.58. The summed E-state index contributed by atoms with van der Waals surface area (Å²) >= 11 is 0. The van der Waals surface area contributed by atoms with E-state index in [-0.39, 0.29) is 0 Å². The van der Waals surface area contributed by atoms with Gasteiger partial charge >= 0.3 is 0 Å². The molecule has 3 heteroatoms. The van der Waals surface area contributed by atoms with E-state index in [0.29, 0.717) is 5.75 Å². The Kier molecular flexibility index (Phi) is 5.02. The summed E-state index contributed by atoms with van der Waals surface area (Å²) in [7, 11) is 0. The van der Waals surface area contributed by atoms with Gasteiger partial charge in [0.05, 0.1) is 0 Å². The van der Waals surface area contributed by atoms with Crippen LogP contribution in [0.2, 0.25) is 0 Å². The van der Waals surface area contributed by atoms with E-state index in [4.69, 9.17) is 0 Å². The molecule has 1 aliphatic rings. The number of hydrogen-bond acceptors (Lipinski definition) is 3. The molecule has 3 nitrogen and oxygen atoms in total. The largest absolute Gasteiger partial charge is 0.508 e. The fourth-order valence-electron chi connectivity index (χ4n) is 2.58. The lowest BCUT2D eigenvalue weighted by Gasteiger charge is -2.32. The van der Waals surface area contributed by atoms with Gasteiger partial charge in [0.15, 0.2) is 0 Å². The molecular formula is C15H24N2O. The van der Waals surface area contributed by atoms with Crippen molar-refractivity contribution in [3.05, 3.63) is 29.8 Å². The summed E-state index contributed by atoms with van der Waals surface area (Å²) in [6.45, 7) is 7.54. The first kappa shape index (κ1) is 13.4. The first-order chi connectivity index (χ1) is 8.79. The molecule has 18 heavy (non-hydrogen) atoms. The Morgan fingerprint density at radius 2 is 2.00 bits per heavy atom.